The highest BCUT2D eigenvalue weighted by Gasteiger charge is 2.06. The minimum absolute atomic E-state index is 0.195. The van der Waals surface area contributed by atoms with E-state index in [-0.39, 0.29) is 12.3 Å². The predicted octanol–water partition coefficient (Wildman–Crippen LogP) is 1.72. The highest BCUT2D eigenvalue weighted by molar-refractivity contribution is 5.93. The highest BCUT2D eigenvalue weighted by atomic mass is 16.5. The second-order valence-corrected chi connectivity index (χ2v) is 3.18. The number of hydrogen-bond donors (Lipinski definition) is 1. The number of nitrogens with one attached hydrogen (secondary N) is 1. The number of carbonyl (C=O) groups excluding carboxylic acids is 2. The van der Waals surface area contributed by atoms with Crippen molar-refractivity contribution in [3.8, 4) is 6.07 Å². The second kappa shape index (κ2) is 6.28. The summed E-state index contributed by atoms with van der Waals surface area (Å²) in [5.74, 6) is -0.779. The Bertz CT molecular complexity index is 446. The topological polar surface area (TPSA) is 79.2 Å². The smallest absolute Gasteiger partial charge is 0.338 e. The van der Waals surface area contributed by atoms with Crippen LogP contribution < -0.4 is 5.32 Å². The van der Waals surface area contributed by atoms with Crippen LogP contribution in [0.4, 0.5) is 5.69 Å². The average molecular weight is 232 g/mol. The zero-order valence-corrected chi connectivity index (χ0v) is 9.40. The molecule has 0 aliphatic heterocycles. The lowest BCUT2D eigenvalue weighted by atomic mass is 10.2. The van der Waals surface area contributed by atoms with Gasteiger partial charge >= 0.3 is 5.97 Å². The van der Waals surface area contributed by atoms with Crippen molar-refractivity contribution in [2.75, 3.05) is 11.9 Å². The van der Waals surface area contributed by atoms with Crippen molar-refractivity contribution in [2.45, 2.75) is 13.3 Å². The van der Waals surface area contributed by atoms with Crippen molar-refractivity contribution in [2.24, 2.45) is 0 Å². The Hall–Kier alpha value is -2.35. The number of hydrogen-bond acceptors (Lipinski definition) is 4. The van der Waals surface area contributed by atoms with Crippen LogP contribution in [0.3, 0.4) is 0 Å². The van der Waals surface area contributed by atoms with Crippen molar-refractivity contribution >= 4 is 17.6 Å². The third-order valence-electron chi connectivity index (χ3n) is 1.92. The van der Waals surface area contributed by atoms with Gasteiger partial charge in [0.15, 0.2) is 0 Å². The number of ether oxygens (including phenoxy) is 1. The van der Waals surface area contributed by atoms with Gasteiger partial charge in [0.2, 0.25) is 5.91 Å². The Balaban J connectivity index is 2.65. The van der Waals surface area contributed by atoms with Crippen molar-refractivity contribution < 1.29 is 14.3 Å². The Morgan fingerprint density at radius 1 is 1.35 bits per heavy atom. The molecule has 0 aliphatic rings. The van der Waals surface area contributed by atoms with Crippen LogP contribution in [0.15, 0.2) is 24.3 Å². The molecule has 1 N–H and O–H groups in total. The van der Waals surface area contributed by atoms with Crippen LogP contribution >= 0.6 is 0 Å². The fourth-order valence-electron chi connectivity index (χ4n) is 1.18. The number of anilines is 1. The molecule has 5 heteroatoms. The molecule has 0 saturated heterocycles. The Morgan fingerprint density at radius 2 is 2.00 bits per heavy atom. The Morgan fingerprint density at radius 3 is 2.53 bits per heavy atom. The van der Waals surface area contributed by atoms with Gasteiger partial charge in [0.25, 0.3) is 0 Å². The van der Waals surface area contributed by atoms with E-state index in [0.717, 1.165) is 0 Å². The first-order chi connectivity index (χ1) is 8.17. The van der Waals surface area contributed by atoms with Gasteiger partial charge in [-0.25, -0.2) is 4.79 Å². The van der Waals surface area contributed by atoms with Gasteiger partial charge in [-0.1, -0.05) is 0 Å². The van der Waals surface area contributed by atoms with Crippen LogP contribution in [-0.2, 0) is 9.53 Å². The molecular weight excluding hydrogens is 220 g/mol. The number of amides is 1. The average Bonchev–Trinajstić information content (AvgIpc) is 2.30. The van der Waals surface area contributed by atoms with E-state index in [1.165, 1.54) is 0 Å². The molecule has 0 aromatic heterocycles. The zero-order chi connectivity index (χ0) is 12.7. The molecule has 0 radical (unpaired) electrons. The van der Waals surface area contributed by atoms with Gasteiger partial charge in [0, 0.05) is 5.69 Å². The van der Waals surface area contributed by atoms with Crippen LogP contribution in [0.2, 0.25) is 0 Å². The molecule has 0 saturated carbocycles. The first-order valence-electron chi connectivity index (χ1n) is 5.11. The molecule has 17 heavy (non-hydrogen) atoms. The number of nitrogens with zero attached hydrogens (tertiary/aromatic N) is 1. The van der Waals surface area contributed by atoms with Crippen molar-refractivity contribution in [1.82, 2.24) is 0 Å². The zero-order valence-electron chi connectivity index (χ0n) is 9.40. The number of benzene rings is 1. The fourth-order valence-corrected chi connectivity index (χ4v) is 1.18. The van der Waals surface area contributed by atoms with Gasteiger partial charge < -0.3 is 10.1 Å². The molecule has 0 fully saturated rings. The van der Waals surface area contributed by atoms with E-state index in [1.54, 1.807) is 37.3 Å². The van der Waals surface area contributed by atoms with E-state index >= 15 is 0 Å². The van der Waals surface area contributed by atoms with Crippen LogP contribution in [0.25, 0.3) is 0 Å². The molecule has 5 nitrogen and oxygen atoms in total. The summed E-state index contributed by atoms with van der Waals surface area (Å²) in [5, 5.41) is 10.8. The van der Waals surface area contributed by atoms with E-state index in [1.807, 2.05) is 0 Å². The Labute approximate surface area is 99.0 Å². The third-order valence-corrected chi connectivity index (χ3v) is 1.92. The standard InChI is InChI=1S/C12H12N2O3/c1-2-17-12(16)9-3-5-10(6-4-9)14-11(15)7-8-13/h3-6H,2,7H2,1H3,(H,14,15). The maximum atomic E-state index is 11.3. The SMILES string of the molecule is CCOC(=O)c1ccc(NC(=O)CC#N)cc1. The van der Waals surface area contributed by atoms with E-state index in [4.69, 9.17) is 10.00 Å². The summed E-state index contributed by atoms with van der Waals surface area (Å²) in [4.78, 5) is 22.4. The third kappa shape index (κ3) is 3.95. The van der Waals surface area contributed by atoms with Crippen LogP contribution in [0.1, 0.15) is 23.7 Å². The number of esters is 1. The summed E-state index contributed by atoms with van der Waals surface area (Å²) in [6.45, 7) is 2.05. The maximum absolute atomic E-state index is 11.3. The molecule has 1 amide bonds. The van der Waals surface area contributed by atoms with Gasteiger partial charge in [0.1, 0.15) is 6.42 Å². The normalized spacial score (nSPS) is 9.18. The molecular formula is C12H12N2O3. The van der Waals surface area contributed by atoms with Gasteiger partial charge in [-0.2, -0.15) is 5.26 Å². The predicted molar refractivity (Wildman–Crippen MR) is 61.3 cm³/mol. The number of rotatable bonds is 4. The lowest BCUT2D eigenvalue weighted by Crippen LogP contribution is -2.10. The minimum atomic E-state index is -0.401. The molecule has 1 rings (SSSR count). The summed E-state index contributed by atoms with van der Waals surface area (Å²) in [5.41, 5.74) is 0.962. The molecule has 0 atom stereocenters. The summed E-state index contributed by atoms with van der Waals surface area (Å²) in [6, 6.07) is 8.03. The summed E-state index contributed by atoms with van der Waals surface area (Å²) < 4.78 is 4.82. The van der Waals surface area contributed by atoms with Crippen LogP contribution in [0.5, 0.6) is 0 Å². The van der Waals surface area contributed by atoms with Gasteiger partial charge in [-0.3, -0.25) is 4.79 Å². The first kappa shape index (κ1) is 12.7. The lowest BCUT2D eigenvalue weighted by molar-refractivity contribution is -0.115. The number of carbonyl (C=O) groups is 2. The van der Waals surface area contributed by atoms with Gasteiger partial charge in [0.05, 0.1) is 18.2 Å². The summed E-state index contributed by atoms with van der Waals surface area (Å²) in [7, 11) is 0. The van der Waals surface area contributed by atoms with Crippen LogP contribution in [-0.4, -0.2) is 18.5 Å². The van der Waals surface area contributed by atoms with E-state index in [2.05, 4.69) is 5.32 Å². The van der Waals surface area contributed by atoms with Gasteiger partial charge in [-0.05, 0) is 31.2 Å². The second-order valence-electron chi connectivity index (χ2n) is 3.18. The van der Waals surface area contributed by atoms with Crippen LogP contribution in [0, 0.1) is 11.3 Å². The molecule has 0 bridgehead atoms. The number of nitriles is 1. The first-order valence-corrected chi connectivity index (χ1v) is 5.11. The van der Waals surface area contributed by atoms with Crippen molar-refractivity contribution in [3.63, 3.8) is 0 Å². The summed E-state index contributed by atoms with van der Waals surface area (Å²) >= 11 is 0. The molecule has 1 aromatic carbocycles. The Kier molecular flexibility index (Phi) is 4.70. The molecule has 0 spiro atoms. The molecule has 0 heterocycles. The largest absolute Gasteiger partial charge is 0.462 e. The molecule has 1 aromatic rings. The monoisotopic (exact) mass is 232 g/mol. The van der Waals surface area contributed by atoms with E-state index in [9.17, 15) is 9.59 Å². The quantitative estimate of drug-likeness (QED) is 0.801. The van der Waals surface area contributed by atoms with E-state index < -0.39 is 5.97 Å². The molecule has 0 unspecified atom stereocenters. The summed E-state index contributed by atoms with van der Waals surface area (Å²) in [6.07, 6.45) is -0.195. The van der Waals surface area contributed by atoms with Crippen molar-refractivity contribution in [1.29, 1.82) is 5.26 Å². The van der Waals surface area contributed by atoms with E-state index in [0.29, 0.717) is 17.9 Å². The van der Waals surface area contributed by atoms with Crippen molar-refractivity contribution in [3.05, 3.63) is 29.8 Å². The minimum Gasteiger partial charge on any atom is -0.462 e. The highest BCUT2D eigenvalue weighted by Crippen LogP contribution is 2.10. The molecule has 0 aliphatic carbocycles. The maximum Gasteiger partial charge on any atom is 0.338 e. The van der Waals surface area contributed by atoms with Gasteiger partial charge in [-0.15, -0.1) is 0 Å². The lowest BCUT2D eigenvalue weighted by Gasteiger charge is -2.04. The molecule has 88 valence electrons. The fraction of sp³-hybridized carbons (Fsp3) is 0.250.